The summed E-state index contributed by atoms with van der Waals surface area (Å²) in [6.45, 7) is 4.72. The third-order valence-corrected chi connectivity index (χ3v) is 4.31. The first-order valence-electron chi connectivity index (χ1n) is 9.51. The monoisotopic (exact) mass is 408 g/mol. The number of aryl methyl sites for hydroxylation is 1. The minimum atomic E-state index is -0.512. The molecule has 30 heavy (non-hydrogen) atoms. The predicted molar refractivity (Wildman–Crippen MR) is 115 cm³/mol. The molecule has 1 N–H and O–H groups in total. The summed E-state index contributed by atoms with van der Waals surface area (Å²) in [6.07, 6.45) is 1.50. The lowest BCUT2D eigenvalue weighted by atomic mass is 10.1. The van der Waals surface area contributed by atoms with Crippen molar-refractivity contribution in [3.63, 3.8) is 0 Å². The van der Waals surface area contributed by atoms with Crippen LogP contribution in [0, 0.1) is 5.92 Å². The molecule has 0 radical (unpaired) electrons. The Morgan fingerprint density at radius 3 is 2.63 bits per heavy atom. The van der Waals surface area contributed by atoms with E-state index < -0.39 is 5.91 Å². The number of nitrogens with zero attached hydrogens (tertiary/aromatic N) is 3. The maximum Gasteiger partial charge on any atom is 0.292 e. The van der Waals surface area contributed by atoms with Crippen LogP contribution in [0.25, 0.3) is 10.8 Å². The first-order valence-corrected chi connectivity index (χ1v) is 9.51. The van der Waals surface area contributed by atoms with E-state index in [1.807, 2.05) is 6.07 Å². The van der Waals surface area contributed by atoms with Gasteiger partial charge in [0.2, 0.25) is 0 Å². The Morgan fingerprint density at radius 2 is 1.93 bits per heavy atom. The molecule has 0 saturated carbocycles. The maximum atomic E-state index is 12.6. The third kappa shape index (κ3) is 4.65. The van der Waals surface area contributed by atoms with Gasteiger partial charge in [0.15, 0.2) is 17.2 Å². The number of aromatic nitrogens is 2. The fourth-order valence-corrected chi connectivity index (χ4v) is 2.83. The lowest BCUT2D eigenvalue weighted by Crippen LogP contribution is -2.27. The van der Waals surface area contributed by atoms with Crippen molar-refractivity contribution in [3.05, 3.63) is 64.1 Å². The largest absolute Gasteiger partial charge is 0.493 e. The van der Waals surface area contributed by atoms with Gasteiger partial charge in [0.1, 0.15) is 0 Å². The van der Waals surface area contributed by atoms with E-state index in [0.717, 1.165) is 10.2 Å². The molecule has 0 aliphatic rings. The number of methoxy groups -OCH3 is 1. The lowest BCUT2D eigenvalue weighted by molar-refractivity contribution is 0.0950. The number of hydrogen-bond acceptors (Lipinski definition) is 6. The van der Waals surface area contributed by atoms with Crippen LogP contribution in [0.2, 0.25) is 0 Å². The van der Waals surface area contributed by atoms with Crippen molar-refractivity contribution in [2.24, 2.45) is 18.1 Å². The highest BCUT2D eigenvalue weighted by atomic mass is 16.5. The Labute approximate surface area is 174 Å². The maximum absolute atomic E-state index is 12.6. The zero-order valence-corrected chi connectivity index (χ0v) is 17.4. The summed E-state index contributed by atoms with van der Waals surface area (Å²) in [5.41, 5.74) is 3.04. The van der Waals surface area contributed by atoms with Gasteiger partial charge >= 0.3 is 0 Å². The molecule has 0 bridgehead atoms. The first kappa shape index (κ1) is 21.0. The van der Waals surface area contributed by atoms with E-state index in [4.69, 9.17) is 9.47 Å². The van der Waals surface area contributed by atoms with Crippen LogP contribution >= 0.6 is 0 Å². The van der Waals surface area contributed by atoms with Crippen molar-refractivity contribution < 1.29 is 14.3 Å². The molecule has 0 atom stereocenters. The summed E-state index contributed by atoms with van der Waals surface area (Å²) in [5, 5.41) is 8.99. The van der Waals surface area contributed by atoms with Gasteiger partial charge in [-0.25, -0.2) is 10.1 Å². The molecular weight excluding hydrogens is 384 g/mol. The number of benzene rings is 2. The van der Waals surface area contributed by atoms with Gasteiger partial charge in [-0.3, -0.25) is 9.59 Å². The second kappa shape index (κ2) is 9.21. The second-order valence-electron chi connectivity index (χ2n) is 7.14. The molecule has 0 unspecified atom stereocenters. The van der Waals surface area contributed by atoms with Crippen molar-refractivity contribution in [1.29, 1.82) is 0 Å². The number of nitrogens with one attached hydrogen (secondary N) is 1. The summed E-state index contributed by atoms with van der Waals surface area (Å²) in [4.78, 5) is 24.8. The molecule has 0 fully saturated rings. The normalized spacial score (nSPS) is 11.2. The Hall–Kier alpha value is -3.68. The van der Waals surface area contributed by atoms with E-state index in [-0.39, 0.29) is 11.3 Å². The molecule has 0 spiro atoms. The van der Waals surface area contributed by atoms with Crippen LogP contribution in [0.1, 0.15) is 29.9 Å². The number of ether oxygens (including phenoxy) is 2. The number of carbonyl (C=O) groups is 1. The average molecular weight is 408 g/mol. The van der Waals surface area contributed by atoms with E-state index in [0.29, 0.717) is 34.8 Å². The van der Waals surface area contributed by atoms with Crippen molar-refractivity contribution in [1.82, 2.24) is 15.2 Å². The Morgan fingerprint density at radius 1 is 1.20 bits per heavy atom. The summed E-state index contributed by atoms with van der Waals surface area (Å²) in [6, 6.07) is 12.2. The Bertz CT molecular complexity index is 1150. The summed E-state index contributed by atoms with van der Waals surface area (Å²) < 4.78 is 12.2. The smallest absolute Gasteiger partial charge is 0.292 e. The van der Waals surface area contributed by atoms with Gasteiger partial charge in [0.25, 0.3) is 11.5 Å². The highest BCUT2D eigenvalue weighted by molar-refractivity contribution is 6.04. The molecule has 156 valence electrons. The SMILES string of the molecule is COc1cc(/C=N\NC(=O)c2nn(C)c(=O)c3ccccc23)ccc1OCC(C)C. The van der Waals surface area contributed by atoms with Gasteiger partial charge in [-0.15, -0.1) is 0 Å². The van der Waals surface area contributed by atoms with Crippen LogP contribution < -0.4 is 20.5 Å². The molecule has 0 aliphatic heterocycles. The van der Waals surface area contributed by atoms with E-state index in [1.165, 1.54) is 13.3 Å². The molecule has 0 saturated heterocycles. The number of fused-ring (bicyclic) bond motifs is 1. The van der Waals surface area contributed by atoms with Crippen LogP contribution in [0.4, 0.5) is 0 Å². The van der Waals surface area contributed by atoms with Gasteiger partial charge < -0.3 is 9.47 Å². The van der Waals surface area contributed by atoms with Crippen LogP contribution in [0.5, 0.6) is 11.5 Å². The number of hydrogen-bond donors (Lipinski definition) is 1. The molecule has 3 aromatic rings. The van der Waals surface area contributed by atoms with E-state index in [2.05, 4.69) is 29.5 Å². The fourth-order valence-electron chi connectivity index (χ4n) is 2.83. The van der Waals surface area contributed by atoms with Crippen molar-refractivity contribution in [2.75, 3.05) is 13.7 Å². The minimum absolute atomic E-state index is 0.125. The fraction of sp³-hybridized carbons (Fsp3) is 0.273. The lowest BCUT2D eigenvalue weighted by Gasteiger charge is -2.12. The van der Waals surface area contributed by atoms with Gasteiger partial charge in [0.05, 0.1) is 25.3 Å². The molecule has 2 aromatic carbocycles. The van der Waals surface area contributed by atoms with Crippen LogP contribution in [-0.4, -0.2) is 35.6 Å². The van der Waals surface area contributed by atoms with Gasteiger partial charge in [-0.05, 0) is 35.7 Å². The molecule has 8 nitrogen and oxygen atoms in total. The zero-order chi connectivity index (χ0) is 21.7. The van der Waals surface area contributed by atoms with E-state index in [9.17, 15) is 9.59 Å². The Kier molecular flexibility index (Phi) is 6.46. The molecule has 1 amide bonds. The topological polar surface area (TPSA) is 94.8 Å². The summed E-state index contributed by atoms with van der Waals surface area (Å²) in [7, 11) is 3.07. The standard InChI is InChI=1S/C22H24N4O4/c1-14(2)13-30-18-10-9-15(11-19(18)29-4)12-23-24-21(27)20-16-7-5-6-8-17(16)22(28)26(3)25-20/h5-12,14H,13H2,1-4H3,(H,24,27)/b23-12-. The third-order valence-electron chi connectivity index (χ3n) is 4.31. The number of rotatable bonds is 7. The van der Waals surface area contributed by atoms with Crippen molar-refractivity contribution >= 4 is 22.9 Å². The van der Waals surface area contributed by atoms with Crippen molar-refractivity contribution in [3.8, 4) is 11.5 Å². The molecule has 8 heteroatoms. The molecule has 0 aliphatic carbocycles. The van der Waals surface area contributed by atoms with Gasteiger partial charge in [0, 0.05) is 12.4 Å². The van der Waals surface area contributed by atoms with Crippen molar-refractivity contribution in [2.45, 2.75) is 13.8 Å². The number of hydrazone groups is 1. The summed E-state index contributed by atoms with van der Waals surface area (Å²) in [5.74, 6) is 1.11. The zero-order valence-electron chi connectivity index (χ0n) is 17.4. The van der Waals surface area contributed by atoms with Crippen LogP contribution in [-0.2, 0) is 7.05 Å². The highest BCUT2D eigenvalue weighted by Gasteiger charge is 2.15. The van der Waals surface area contributed by atoms with E-state index in [1.54, 1.807) is 43.5 Å². The van der Waals surface area contributed by atoms with Gasteiger partial charge in [-0.1, -0.05) is 32.0 Å². The first-order chi connectivity index (χ1) is 14.4. The number of carbonyl (C=O) groups excluding carboxylic acids is 1. The Balaban J connectivity index is 1.77. The second-order valence-corrected chi connectivity index (χ2v) is 7.14. The molecule has 1 heterocycles. The van der Waals surface area contributed by atoms with Crippen LogP contribution in [0.3, 0.4) is 0 Å². The summed E-state index contributed by atoms with van der Waals surface area (Å²) >= 11 is 0. The number of amides is 1. The minimum Gasteiger partial charge on any atom is -0.493 e. The average Bonchev–Trinajstić information content (AvgIpc) is 2.75. The molecular formula is C22H24N4O4. The van der Waals surface area contributed by atoms with Gasteiger partial charge in [-0.2, -0.15) is 10.2 Å². The molecule has 3 rings (SSSR count). The molecule has 1 aromatic heterocycles. The predicted octanol–water partition coefficient (Wildman–Crippen LogP) is 2.74. The van der Waals surface area contributed by atoms with E-state index >= 15 is 0 Å². The highest BCUT2D eigenvalue weighted by Crippen LogP contribution is 2.28. The van der Waals surface area contributed by atoms with Crippen LogP contribution in [0.15, 0.2) is 52.4 Å². The quantitative estimate of drug-likeness (QED) is 0.479.